The van der Waals surface area contributed by atoms with Gasteiger partial charge in [-0.15, -0.1) is 0 Å². The van der Waals surface area contributed by atoms with E-state index in [4.69, 9.17) is 4.74 Å². The Morgan fingerprint density at radius 3 is 2.58 bits per heavy atom. The number of nitro benzene ring substituents is 1. The van der Waals surface area contributed by atoms with E-state index in [1.807, 2.05) is 0 Å². The van der Waals surface area contributed by atoms with Crippen LogP contribution in [0.15, 0.2) is 42.5 Å². The molecule has 0 bridgehead atoms. The Labute approximate surface area is 136 Å². The molecule has 0 unspecified atom stereocenters. The summed E-state index contributed by atoms with van der Waals surface area (Å²) < 4.78 is 5.19. The Hall–Kier alpha value is -3.42. The van der Waals surface area contributed by atoms with E-state index in [1.165, 1.54) is 25.3 Å². The molecule has 0 aliphatic carbocycles. The summed E-state index contributed by atoms with van der Waals surface area (Å²) in [5.41, 5.74) is 0.0991. The number of nitrogens with zero attached hydrogens (tertiary/aromatic N) is 2. The maximum atomic E-state index is 12.4. The number of methoxy groups -OCH3 is 1. The number of carbonyl (C=O) groups is 2. The average molecular weight is 327 g/mol. The van der Waals surface area contributed by atoms with E-state index < -0.39 is 16.7 Å². The molecule has 1 aliphatic rings. The number of benzene rings is 2. The highest BCUT2D eigenvalue weighted by molar-refractivity contribution is 6.23. The van der Waals surface area contributed by atoms with Gasteiger partial charge in [0, 0.05) is 6.07 Å². The van der Waals surface area contributed by atoms with Gasteiger partial charge in [-0.1, -0.05) is 18.2 Å². The van der Waals surface area contributed by atoms with Crippen LogP contribution in [-0.2, 0) is 0 Å². The van der Waals surface area contributed by atoms with Gasteiger partial charge in [0.2, 0.25) is 0 Å². The van der Waals surface area contributed by atoms with Gasteiger partial charge in [0.15, 0.2) is 0 Å². The minimum Gasteiger partial charge on any atom is -0.495 e. The van der Waals surface area contributed by atoms with Crippen LogP contribution in [0.2, 0.25) is 0 Å². The summed E-state index contributed by atoms with van der Waals surface area (Å²) in [6, 6.07) is 11.0. The number of fused-ring (bicyclic) bond motifs is 1. The lowest BCUT2D eigenvalue weighted by atomic mass is 10.1. The summed E-state index contributed by atoms with van der Waals surface area (Å²) in [7, 11) is 1.51. The number of hydrogen-bond acceptors (Lipinski definition) is 6. The number of amides is 2. The van der Waals surface area contributed by atoms with Crippen LogP contribution in [0.5, 0.6) is 5.75 Å². The Morgan fingerprint density at radius 2 is 1.88 bits per heavy atom. The normalized spacial score (nSPS) is 13.0. The third-order valence-electron chi connectivity index (χ3n) is 3.71. The maximum absolute atomic E-state index is 12.4. The summed E-state index contributed by atoms with van der Waals surface area (Å²) in [6.07, 6.45) is 0. The first-order chi connectivity index (χ1) is 11.5. The number of anilines is 1. The van der Waals surface area contributed by atoms with E-state index in [2.05, 4.69) is 5.32 Å². The van der Waals surface area contributed by atoms with Crippen LogP contribution in [0, 0.1) is 10.1 Å². The van der Waals surface area contributed by atoms with Crippen LogP contribution in [0.3, 0.4) is 0 Å². The highest BCUT2D eigenvalue weighted by atomic mass is 16.6. The molecule has 3 rings (SSSR count). The van der Waals surface area contributed by atoms with Crippen molar-refractivity contribution in [3.63, 3.8) is 0 Å². The molecule has 0 atom stereocenters. The molecule has 0 saturated heterocycles. The van der Waals surface area contributed by atoms with E-state index in [0.717, 1.165) is 4.90 Å². The summed E-state index contributed by atoms with van der Waals surface area (Å²) in [5.74, 6) is -0.703. The molecule has 122 valence electrons. The number of ether oxygens (including phenoxy) is 1. The molecule has 2 amide bonds. The van der Waals surface area contributed by atoms with E-state index in [1.54, 1.807) is 24.3 Å². The zero-order valence-electron chi connectivity index (χ0n) is 12.7. The fourth-order valence-corrected chi connectivity index (χ4v) is 2.57. The van der Waals surface area contributed by atoms with E-state index in [0.29, 0.717) is 11.4 Å². The maximum Gasteiger partial charge on any atom is 0.282 e. The highest BCUT2D eigenvalue weighted by Gasteiger charge is 2.40. The van der Waals surface area contributed by atoms with Crippen molar-refractivity contribution in [2.45, 2.75) is 0 Å². The van der Waals surface area contributed by atoms with Crippen molar-refractivity contribution >= 4 is 23.2 Å². The first-order valence-corrected chi connectivity index (χ1v) is 7.05. The fourth-order valence-electron chi connectivity index (χ4n) is 2.57. The summed E-state index contributed by atoms with van der Waals surface area (Å²) in [4.78, 5) is 36.1. The third kappa shape index (κ3) is 2.43. The molecule has 8 heteroatoms. The smallest absolute Gasteiger partial charge is 0.282 e. The lowest BCUT2D eigenvalue weighted by Gasteiger charge is -2.17. The molecule has 0 radical (unpaired) electrons. The SMILES string of the molecule is COc1ccccc1NCN1C(=O)c2cccc([N+](=O)[O-])c2C1=O. The first-order valence-electron chi connectivity index (χ1n) is 7.05. The van der Waals surface area contributed by atoms with Gasteiger partial charge < -0.3 is 10.1 Å². The van der Waals surface area contributed by atoms with Gasteiger partial charge in [0.05, 0.1) is 30.0 Å². The Morgan fingerprint density at radius 1 is 1.12 bits per heavy atom. The summed E-state index contributed by atoms with van der Waals surface area (Å²) in [6.45, 7) is -0.121. The first kappa shape index (κ1) is 15.5. The van der Waals surface area contributed by atoms with Crippen molar-refractivity contribution in [3.05, 3.63) is 63.7 Å². The van der Waals surface area contributed by atoms with Crippen molar-refractivity contribution in [1.82, 2.24) is 4.90 Å². The fraction of sp³-hybridized carbons (Fsp3) is 0.125. The van der Waals surface area contributed by atoms with Gasteiger partial charge in [0.25, 0.3) is 17.5 Å². The number of carbonyl (C=O) groups excluding carboxylic acids is 2. The van der Waals surface area contributed by atoms with Crippen molar-refractivity contribution in [2.75, 3.05) is 19.1 Å². The molecule has 0 spiro atoms. The lowest BCUT2D eigenvalue weighted by molar-refractivity contribution is -0.385. The zero-order valence-corrected chi connectivity index (χ0v) is 12.7. The number of hydrogen-bond donors (Lipinski definition) is 1. The van der Waals surface area contributed by atoms with E-state index >= 15 is 0 Å². The van der Waals surface area contributed by atoms with E-state index in [9.17, 15) is 19.7 Å². The number of imide groups is 1. The molecule has 8 nitrogen and oxygen atoms in total. The van der Waals surface area contributed by atoms with Crippen molar-refractivity contribution in [2.24, 2.45) is 0 Å². The van der Waals surface area contributed by atoms with Gasteiger partial charge in [-0.3, -0.25) is 24.6 Å². The standard InChI is InChI=1S/C16H13N3O5/c1-24-13-8-3-2-6-11(13)17-9-18-15(20)10-5-4-7-12(19(22)23)14(10)16(18)21/h2-8,17H,9H2,1H3. The van der Waals surface area contributed by atoms with Crippen molar-refractivity contribution < 1.29 is 19.2 Å². The number of nitrogens with one attached hydrogen (secondary N) is 1. The van der Waals surface area contributed by atoms with Gasteiger partial charge in [-0.2, -0.15) is 0 Å². The van der Waals surface area contributed by atoms with Crippen LogP contribution >= 0.6 is 0 Å². The van der Waals surface area contributed by atoms with E-state index in [-0.39, 0.29) is 23.5 Å². The molecular formula is C16H13N3O5. The minimum atomic E-state index is -0.690. The van der Waals surface area contributed by atoms with Gasteiger partial charge >= 0.3 is 0 Å². The molecule has 0 fully saturated rings. The van der Waals surface area contributed by atoms with Crippen LogP contribution in [-0.4, -0.2) is 35.4 Å². The third-order valence-corrected chi connectivity index (χ3v) is 3.71. The summed E-state index contributed by atoms with van der Waals surface area (Å²) in [5, 5.41) is 14.0. The molecule has 1 aliphatic heterocycles. The zero-order chi connectivity index (χ0) is 17.3. The molecule has 2 aromatic carbocycles. The minimum absolute atomic E-state index is 0.0380. The predicted molar refractivity (Wildman–Crippen MR) is 85.1 cm³/mol. The van der Waals surface area contributed by atoms with Gasteiger partial charge in [-0.05, 0) is 18.2 Å². The Balaban J connectivity index is 1.86. The Bertz CT molecular complexity index is 849. The quantitative estimate of drug-likeness (QED) is 0.513. The molecular weight excluding hydrogens is 314 g/mol. The second-order valence-corrected chi connectivity index (χ2v) is 5.03. The number of nitro groups is 1. The topological polar surface area (TPSA) is 102 Å². The molecule has 1 heterocycles. The van der Waals surface area contributed by atoms with Gasteiger partial charge in [0.1, 0.15) is 11.3 Å². The van der Waals surface area contributed by atoms with Crippen LogP contribution in [0.1, 0.15) is 20.7 Å². The second-order valence-electron chi connectivity index (χ2n) is 5.03. The Kier molecular flexibility index (Phi) is 3.87. The van der Waals surface area contributed by atoms with Crippen molar-refractivity contribution in [1.29, 1.82) is 0 Å². The van der Waals surface area contributed by atoms with Crippen molar-refractivity contribution in [3.8, 4) is 5.75 Å². The van der Waals surface area contributed by atoms with Crippen LogP contribution in [0.4, 0.5) is 11.4 Å². The largest absolute Gasteiger partial charge is 0.495 e. The molecule has 0 aromatic heterocycles. The highest BCUT2D eigenvalue weighted by Crippen LogP contribution is 2.31. The number of para-hydroxylation sites is 2. The molecule has 0 saturated carbocycles. The lowest BCUT2D eigenvalue weighted by Crippen LogP contribution is -2.34. The number of rotatable bonds is 5. The summed E-state index contributed by atoms with van der Waals surface area (Å²) >= 11 is 0. The molecule has 1 N–H and O–H groups in total. The average Bonchev–Trinajstić information content (AvgIpc) is 2.84. The van der Waals surface area contributed by atoms with Gasteiger partial charge in [-0.25, -0.2) is 0 Å². The molecule has 24 heavy (non-hydrogen) atoms. The second kappa shape index (κ2) is 5.99. The monoisotopic (exact) mass is 327 g/mol. The predicted octanol–water partition coefficient (Wildman–Crippen LogP) is 2.27. The molecule has 2 aromatic rings. The van der Waals surface area contributed by atoms with Crippen LogP contribution in [0.25, 0.3) is 0 Å². The van der Waals surface area contributed by atoms with Crippen LogP contribution < -0.4 is 10.1 Å².